The van der Waals surface area contributed by atoms with E-state index in [0.29, 0.717) is 18.8 Å². The van der Waals surface area contributed by atoms with Gasteiger partial charge in [-0.3, -0.25) is 9.20 Å². The zero-order valence-electron chi connectivity index (χ0n) is 13.0. The lowest BCUT2D eigenvalue weighted by Crippen LogP contribution is -2.48. The van der Waals surface area contributed by atoms with Crippen molar-refractivity contribution >= 4 is 27.5 Å². The predicted molar refractivity (Wildman–Crippen MR) is 88.2 cm³/mol. The summed E-state index contributed by atoms with van der Waals surface area (Å²) >= 11 is 3.47. The Morgan fingerprint density at radius 1 is 1.36 bits per heavy atom. The molecule has 6 heteroatoms. The van der Waals surface area contributed by atoms with Crippen LogP contribution < -0.4 is 0 Å². The van der Waals surface area contributed by atoms with Gasteiger partial charge in [0.05, 0.1) is 17.9 Å². The van der Waals surface area contributed by atoms with Crippen LogP contribution in [0.15, 0.2) is 22.8 Å². The number of carbonyl (C=O) groups is 1. The van der Waals surface area contributed by atoms with Crippen LogP contribution in [0.3, 0.4) is 0 Å². The van der Waals surface area contributed by atoms with Gasteiger partial charge in [-0.1, -0.05) is 6.92 Å². The van der Waals surface area contributed by atoms with E-state index in [1.54, 1.807) is 0 Å². The minimum atomic E-state index is 0.0319. The van der Waals surface area contributed by atoms with E-state index in [-0.39, 0.29) is 18.1 Å². The third-order valence-corrected chi connectivity index (χ3v) is 4.37. The molecular weight excluding hydrogens is 346 g/mol. The molecule has 0 radical (unpaired) electrons. The van der Waals surface area contributed by atoms with Crippen LogP contribution in [0.5, 0.6) is 0 Å². The number of morpholine rings is 1. The minimum Gasteiger partial charge on any atom is -0.372 e. The summed E-state index contributed by atoms with van der Waals surface area (Å²) in [5, 5.41) is 0. The van der Waals surface area contributed by atoms with E-state index in [4.69, 9.17) is 4.74 Å². The van der Waals surface area contributed by atoms with E-state index in [1.807, 2.05) is 48.4 Å². The largest absolute Gasteiger partial charge is 0.372 e. The summed E-state index contributed by atoms with van der Waals surface area (Å²) in [7, 11) is 0. The maximum Gasteiger partial charge on any atom is 0.272 e. The van der Waals surface area contributed by atoms with Crippen LogP contribution in [0, 0.1) is 0 Å². The first-order chi connectivity index (χ1) is 10.5. The first kappa shape index (κ1) is 15.5. The molecule has 0 aliphatic carbocycles. The highest BCUT2D eigenvalue weighted by atomic mass is 79.9. The lowest BCUT2D eigenvalue weighted by molar-refractivity contribution is -0.0587. The van der Waals surface area contributed by atoms with Crippen LogP contribution in [-0.2, 0) is 11.2 Å². The van der Waals surface area contributed by atoms with Crippen LogP contribution in [0.4, 0.5) is 0 Å². The van der Waals surface area contributed by atoms with Crippen LogP contribution in [0.2, 0.25) is 0 Å². The number of hydrogen-bond donors (Lipinski definition) is 0. The predicted octanol–water partition coefficient (Wildman–Crippen LogP) is 2.91. The minimum absolute atomic E-state index is 0.0319. The van der Waals surface area contributed by atoms with E-state index in [2.05, 4.69) is 20.9 Å². The monoisotopic (exact) mass is 365 g/mol. The molecule has 2 aromatic heterocycles. The zero-order valence-corrected chi connectivity index (χ0v) is 14.6. The first-order valence-electron chi connectivity index (χ1n) is 7.60. The van der Waals surface area contributed by atoms with Crippen LogP contribution in [0.1, 0.15) is 37.0 Å². The fourth-order valence-electron chi connectivity index (χ4n) is 3.03. The molecule has 0 bridgehead atoms. The maximum absolute atomic E-state index is 13.1. The van der Waals surface area contributed by atoms with Gasteiger partial charge in [0, 0.05) is 23.8 Å². The Hall–Kier alpha value is -1.40. The van der Waals surface area contributed by atoms with E-state index in [1.165, 1.54) is 0 Å². The Morgan fingerprint density at radius 2 is 2.05 bits per heavy atom. The Bertz CT molecular complexity index is 703. The van der Waals surface area contributed by atoms with Crippen molar-refractivity contribution < 1.29 is 9.53 Å². The summed E-state index contributed by atoms with van der Waals surface area (Å²) in [6.45, 7) is 7.27. The number of aryl methyl sites for hydroxylation is 1. The number of fused-ring (bicyclic) bond motifs is 1. The van der Waals surface area contributed by atoms with E-state index in [0.717, 1.165) is 22.2 Å². The summed E-state index contributed by atoms with van der Waals surface area (Å²) in [4.78, 5) is 19.5. The molecule has 3 rings (SSSR count). The number of imidazole rings is 1. The van der Waals surface area contributed by atoms with Crippen molar-refractivity contribution in [2.45, 2.75) is 39.4 Å². The van der Waals surface area contributed by atoms with Crippen LogP contribution in [-0.4, -0.2) is 45.5 Å². The fourth-order valence-corrected chi connectivity index (χ4v) is 3.37. The second-order valence-electron chi connectivity index (χ2n) is 5.80. The number of carbonyl (C=O) groups excluding carboxylic acids is 1. The average Bonchev–Trinajstić information content (AvgIpc) is 2.83. The number of hydrogen-bond acceptors (Lipinski definition) is 3. The smallest absolute Gasteiger partial charge is 0.272 e. The Morgan fingerprint density at radius 3 is 2.68 bits per heavy atom. The summed E-state index contributed by atoms with van der Waals surface area (Å²) in [5.74, 6) is 0.0319. The molecule has 0 spiro atoms. The van der Waals surface area contributed by atoms with Gasteiger partial charge in [-0.2, -0.15) is 0 Å². The van der Waals surface area contributed by atoms with Gasteiger partial charge in [0.25, 0.3) is 5.91 Å². The molecule has 3 heterocycles. The maximum atomic E-state index is 13.1. The number of amides is 1. The van der Waals surface area contributed by atoms with Gasteiger partial charge in [-0.15, -0.1) is 0 Å². The van der Waals surface area contributed by atoms with Gasteiger partial charge in [-0.05, 0) is 48.3 Å². The standard InChI is InChI=1S/C16H20BrN3O2/c1-4-13-15(20-9-12(17)5-6-14(20)18-13)16(21)19-7-10(2)22-11(3)8-19/h5-6,9-11H,4,7-8H2,1-3H3. The summed E-state index contributed by atoms with van der Waals surface area (Å²) in [6.07, 6.45) is 2.75. The molecule has 1 fully saturated rings. The van der Waals surface area contributed by atoms with E-state index in [9.17, 15) is 4.79 Å². The van der Waals surface area contributed by atoms with Gasteiger partial charge < -0.3 is 9.64 Å². The number of nitrogens with zero attached hydrogens (tertiary/aromatic N) is 3. The summed E-state index contributed by atoms with van der Waals surface area (Å²) in [6, 6.07) is 3.86. The Labute approximate surface area is 138 Å². The summed E-state index contributed by atoms with van der Waals surface area (Å²) < 4.78 is 8.54. The molecule has 2 atom stereocenters. The molecule has 1 aliphatic heterocycles. The quantitative estimate of drug-likeness (QED) is 0.821. The molecule has 0 saturated carbocycles. The molecule has 0 N–H and O–H groups in total. The first-order valence-corrected chi connectivity index (χ1v) is 8.40. The molecular formula is C16H20BrN3O2. The van der Waals surface area contributed by atoms with Gasteiger partial charge in [0.1, 0.15) is 11.3 Å². The molecule has 5 nitrogen and oxygen atoms in total. The molecule has 1 aliphatic rings. The SMILES string of the molecule is CCc1nc2ccc(Br)cn2c1C(=O)N1CC(C)OC(C)C1. The summed E-state index contributed by atoms with van der Waals surface area (Å²) in [5.41, 5.74) is 2.31. The number of rotatable bonds is 2. The lowest BCUT2D eigenvalue weighted by Gasteiger charge is -2.35. The molecule has 2 unspecified atom stereocenters. The van der Waals surface area contributed by atoms with Crippen molar-refractivity contribution in [3.8, 4) is 0 Å². The number of aromatic nitrogens is 2. The van der Waals surface area contributed by atoms with E-state index < -0.39 is 0 Å². The van der Waals surface area contributed by atoms with E-state index >= 15 is 0 Å². The highest BCUT2D eigenvalue weighted by Crippen LogP contribution is 2.21. The molecule has 22 heavy (non-hydrogen) atoms. The third kappa shape index (κ3) is 2.77. The number of halogens is 1. The third-order valence-electron chi connectivity index (χ3n) is 3.90. The second kappa shape index (κ2) is 6.01. The van der Waals surface area contributed by atoms with Crippen molar-refractivity contribution in [2.75, 3.05) is 13.1 Å². The molecule has 2 aromatic rings. The van der Waals surface area contributed by atoms with Crippen LogP contribution >= 0.6 is 15.9 Å². The van der Waals surface area contributed by atoms with Gasteiger partial charge >= 0.3 is 0 Å². The topological polar surface area (TPSA) is 46.8 Å². The molecule has 1 amide bonds. The number of ether oxygens (including phenoxy) is 1. The fraction of sp³-hybridized carbons (Fsp3) is 0.500. The van der Waals surface area contributed by atoms with Crippen molar-refractivity contribution in [1.82, 2.24) is 14.3 Å². The van der Waals surface area contributed by atoms with Crippen LogP contribution in [0.25, 0.3) is 5.65 Å². The van der Waals surface area contributed by atoms with Crippen molar-refractivity contribution in [1.29, 1.82) is 0 Å². The van der Waals surface area contributed by atoms with Crippen molar-refractivity contribution in [3.63, 3.8) is 0 Å². The molecule has 118 valence electrons. The van der Waals surface area contributed by atoms with Gasteiger partial charge in [0.15, 0.2) is 0 Å². The van der Waals surface area contributed by atoms with Gasteiger partial charge in [-0.25, -0.2) is 4.98 Å². The second-order valence-corrected chi connectivity index (χ2v) is 6.72. The molecule has 0 aromatic carbocycles. The Balaban J connectivity index is 2.04. The van der Waals surface area contributed by atoms with Crippen molar-refractivity contribution in [2.24, 2.45) is 0 Å². The zero-order chi connectivity index (χ0) is 15.9. The highest BCUT2D eigenvalue weighted by molar-refractivity contribution is 9.10. The number of pyridine rings is 1. The van der Waals surface area contributed by atoms with Gasteiger partial charge in [0.2, 0.25) is 0 Å². The van der Waals surface area contributed by atoms with Crippen molar-refractivity contribution in [3.05, 3.63) is 34.2 Å². The highest BCUT2D eigenvalue weighted by Gasteiger charge is 2.30. The molecule has 1 saturated heterocycles. The lowest BCUT2D eigenvalue weighted by atomic mass is 10.2. The normalized spacial score (nSPS) is 22.3. The Kier molecular flexibility index (Phi) is 4.23. The average molecular weight is 366 g/mol.